The van der Waals surface area contributed by atoms with Crippen LogP contribution in [0.5, 0.6) is 0 Å². The van der Waals surface area contributed by atoms with Gasteiger partial charge in [-0.15, -0.1) is 0 Å². The monoisotopic (exact) mass is 456 g/mol. The molecular weight excluding hydrogens is 423 g/mol. The van der Waals surface area contributed by atoms with Gasteiger partial charge < -0.3 is 15.0 Å². The number of piperidine rings is 1. The molecule has 30 heavy (non-hydrogen) atoms. The summed E-state index contributed by atoms with van der Waals surface area (Å²) in [4.78, 5) is 26.5. The van der Waals surface area contributed by atoms with Crippen molar-refractivity contribution in [3.8, 4) is 0 Å². The van der Waals surface area contributed by atoms with Gasteiger partial charge in [0.1, 0.15) is 5.78 Å². The molecule has 0 radical (unpaired) electrons. The first-order valence-electron chi connectivity index (χ1n) is 10.6. The lowest BCUT2D eigenvalue weighted by molar-refractivity contribution is -0.120. The van der Waals surface area contributed by atoms with Gasteiger partial charge in [0.25, 0.3) is 0 Å². The van der Waals surface area contributed by atoms with Crippen molar-refractivity contribution in [1.29, 1.82) is 0 Å². The number of benzene rings is 1. The number of carbonyl (C=O) groups is 2. The van der Waals surface area contributed by atoms with Gasteiger partial charge in [0.2, 0.25) is 0 Å². The van der Waals surface area contributed by atoms with Crippen LogP contribution in [-0.4, -0.2) is 49.6 Å². The van der Waals surface area contributed by atoms with E-state index in [9.17, 15) is 9.59 Å². The molecule has 1 N–H and O–H groups in total. The minimum Gasteiger partial charge on any atom is -0.453 e. The molecule has 0 aromatic heterocycles. The van der Waals surface area contributed by atoms with Crippen molar-refractivity contribution in [3.63, 3.8) is 0 Å². The zero-order valence-electron chi connectivity index (χ0n) is 18.5. The van der Waals surface area contributed by atoms with Gasteiger partial charge in [-0.25, -0.2) is 4.79 Å². The minimum atomic E-state index is -0.392. The summed E-state index contributed by atoms with van der Waals surface area (Å²) in [5.41, 5.74) is 0.937. The fraction of sp³-hybridized carbons (Fsp3) is 0.652. The van der Waals surface area contributed by atoms with E-state index in [1.807, 2.05) is 12.1 Å². The van der Waals surface area contributed by atoms with Crippen LogP contribution < -0.4 is 5.32 Å². The number of hydrogen-bond donors (Lipinski definition) is 1. The molecule has 1 heterocycles. The van der Waals surface area contributed by atoms with Crippen molar-refractivity contribution in [3.05, 3.63) is 33.8 Å². The third kappa shape index (κ3) is 8.44. The Morgan fingerprint density at radius 1 is 1.17 bits per heavy atom. The Hall–Kier alpha value is -1.30. The van der Waals surface area contributed by atoms with Gasteiger partial charge >= 0.3 is 6.09 Å². The molecule has 1 aliphatic heterocycles. The van der Waals surface area contributed by atoms with E-state index in [1.165, 1.54) is 7.11 Å². The van der Waals surface area contributed by atoms with Crippen LogP contribution in [0.1, 0.15) is 52.0 Å². The minimum absolute atomic E-state index is 0.00709. The molecule has 7 heteroatoms. The highest BCUT2D eigenvalue weighted by Gasteiger charge is 2.30. The first-order chi connectivity index (χ1) is 14.1. The summed E-state index contributed by atoms with van der Waals surface area (Å²) in [6.07, 6.45) is 3.44. The number of nitrogens with one attached hydrogen (secondary N) is 1. The van der Waals surface area contributed by atoms with Crippen molar-refractivity contribution in [2.24, 2.45) is 11.3 Å². The van der Waals surface area contributed by atoms with E-state index in [2.05, 4.69) is 31.0 Å². The van der Waals surface area contributed by atoms with Gasteiger partial charge in [0.05, 0.1) is 7.11 Å². The maximum atomic E-state index is 12.5. The molecule has 1 atom stereocenters. The van der Waals surface area contributed by atoms with Gasteiger partial charge in [-0.1, -0.05) is 44.0 Å². The highest BCUT2D eigenvalue weighted by molar-refractivity contribution is 6.34. The standard InChI is InChI=1S/C23H34Cl2N2O3/c1-23(2,3)21(26-22(29)30-4)15-27-9-7-16(8-10-27)13-20(28)6-5-17-11-18(24)14-19(25)12-17/h11-12,14,16,21H,5-10,13,15H2,1-4H3,(H,26,29). The van der Waals surface area contributed by atoms with Crippen molar-refractivity contribution < 1.29 is 14.3 Å². The lowest BCUT2D eigenvalue weighted by Crippen LogP contribution is -2.52. The maximum Gasteiger partial charge on any atom is 0.407 e. The number of alkyl carbamates (subject to hydrolysis) is 1. The summed E-state index contributed by atoms with van der Waals surface area (Å²) in [5, 5.41) is 4.17. The molecular formula is C23H34Cl2N2O3. The topological polar surface area (TPSA) is 58.6 Å². The number of amides is 1. The second kappa shape index (κ2) is 11.4. The molecule has 1 fully saturated rings. The van der Waals surface area contributed by atoms with E-state index < -0.39 is 6.09 Å². The highest BCUT2D eigenvalue weighted by atomic mass is 35.5. The van der Waals surface area contributed by atoms with Crippen molar-refractivity contribution in [2.75, 3.05) is 26.7 Å². The molecule has 0 saturated carbocycles. The maximum absolute atomic E-state index is 12.5. The molecule has 1 aliphatic rings. The van der Waals surface area contributed by atoms with Crippen molar-refractivity contribution in [2.45, 2.75) is 58.9 Å². The molecule has 0 bridgehead atoms. The fourth-order valence-electron chi connectivity index (χ4n) is 3.83. The Labute approximate surface area is 190 Å². The Morgan fingerprint density at radius 2 is 1.77 bits per heavy atom. The lowest BCUT2D eigenvalue weighted by atomic mass is 9.85. The van der Waals surface area contributed by atoms with Gasteiger partial charge in [-0.05, 0) is 67.4 Å². The number of carbonyl (C=O) groups excluding carboxylic acids is 2. The third-order valence-corrected chi connectivity index (χ3v) is 6.24. The van der Waals surface area contributed by atoms with Crippen molar-refractivity contribution >= 4 is 35.1 Å². The molecule has 1 saturated heterocycles. The number of aryl methyl sites for hydroxylation is 1. The quantitative estimate of drug-likeness (QED) is 0.571. The predicted octanol–water partition coefficient (Wildman–Crippen LogP) is 5.37. The van der Waals surface area contributed by atoms with Crippen LogP contribution in [-0.2, 0) is 16.0 Å². The first-order valence-corrected chi connectivity index (χ1v) is 11.4. The summed E-state index contributed by atoms with van der Waals surface area (Å²) in [5.74, 6) is 0.725. The number of methoxy groups -OCH3 is 1. The smallest absolute Gasteiger partial charge is 0.407 e. The van der Waals surface area contributed by atoms with Gasteiger partial charge in [0, 0.05) is 35.5 Å². The van der Waals surface area contributed by atoms with Crippen LogP contribution in [0.2, 0.25) is 10.0 Å². The van der Waals surface area contributed by atoms with Crippen LogP contribution in [0.4, 0.5) is 4.79 Å². The number of rotatable bonds is 8. The summed E-state index contributed by atoms with van der Waals surface area (Å²) < 4.78 is 4.77. The van der Waals surface area contributed by atoms with E-state index in [0.29, 0.717) is 41.0 Å². The molecule has 1 aromatic carbocycles. The van der Waals surface area contributed by atoms with E-state index >= 15 is 0 Å². The van der Waals surface area contributed by atoms with Gasteiger partial charge in [-0.2, -0.15) is 0 Å². The predicted molar refractivity (Wildman–Crippen MR) is 122 cm³/mol. The lowest BCUT2D eigenvalue weighted by Gasteiger charge is -2.38. The van der Waals surface area contributed by atoms with Gasteiger partial charge in [-0.3, -0.25) is 4.79 Å². The normalized spacial score (nSPS) is 16.9. The van der Waals surface area contributed by atoms with Gasteiger partial charge in [0.15, 0.2) is 0 Å². The molecule has 1 aromatic rings. The molecule has 2 rings (SSSR count). The molecule has 168 valence electrons. The molecule has 1 unspecified atom stereocenters. The summed E-state index contributed by atoms with van der Waals surface area (Å²) in [6, 6.07) is 5.45. The molecule has 5 nitrogen and oxygen atoms in total. The van der Waals surface area contributed by atoms with E-state index in [4.69, 9.17) is 27.9 Å². The van der Waals surface area contributed by atoms with Crippen LogP contribution in [0.3, 0.4) is 0 Å². The van der Waals surface area contributed by atoms with E-state index in [0.717, 1.165) is 38.0 Å². The number of likely N-dealkylation sites (tertiary alicyclic amines) is 1. The van der Waals surface area contributed by atoms with Crippen LogP contribution in [0.25, 0.3) is 0 Å². The Kier molecular flexibility index (Phi) is 9.45. The van der Waals surface area contributed by atoms with E-state index in [1.54, 1.807) is 6.07 Å². The Morgan fingerprint density at radius 3 is 2.30 bits per heavy atom. The summed E-state index contributed by atoms with van der Waals surface area (Å²) in [6.45, 7) is 9.02. The highest BCUT2D eigenvalue weighted by Crippen LogP contribution is 2.26. The zero-order valence-corrected chi connectivity index (χ0v) is 20.0. The largest absolute Gasteiger partial charge is 0.453 e. The van der Waals surface area contributed by atoms with E-state index in [-0.39, 0.29) is 11.5 Å². The number of ketones is 1. The average molecular weight is 457 g/mol. The molecule has 1 amide bonds. The fourth-order valence-corrected chi connectivity index (χ4v) is 4.40. The first kappa shape index (κ1) is 25.0. The number of nitrogens with zero attached hydrogens (tertiary/aromatic N) is 1. The Bertz CT molecular complexity index is 705. The van der Waals surface area contributed by atoms with Crippen LogP contribution in [0.15, 0.2) is 18.2 Å². The SMILES string of the molecule is COC(=O)NC(CN1CCC(CC(=O)CCc2cc(Cl)cc(Cl)c2)CC1)C(C)(C)C. The second-order valence-electron chi connectivity index (χ2n) is 9.32. The van der Waals surface area contributed by atoms with Crippen LogP contribution >= 0.6 is 23.2 Å². The number of ether oxygens (including phenoxy) is 1. The number of hydrogen-bond acceptors (Lipinski definition) is 4. The number of halogens is 2. The second-order valence-corrected chi connectivity index (χ2v) is 10.2. The zero-order chi connectivity index (χ0) is 22.3. The number of Topliss-reactive ketones (excluding diaryl/α,β-unsaturated/α-hetero) is 1. The van der Waals surface area contributed by atoms with Crippen molar-refractivity contribution in [1.82, 2.24) is 10.2 Å². The summed E-state index contributed by atoms with van der Waals surface area (Å²) in [7, 11) is 1.39. The summed E-state index contributed by atoms with van der Waals surface area (Å²) >= 11 is 12.1. The third-order valence-electron chi connectivity index (χ3n) is 5.80. The van der Waals surface area contributed by atoms with Crippen LogP contribution in [0, 0.1) is 11.3 Å². The Balaban J connectivity index is 1.76. The molecule has 0 spiro atoms. The average Bonchev–Trinajstić information content (AvgIpc) is 2.65. The molecule has 0 aliphatic carbocycles.